The predicted molar refractivity (Wildman–Crippen MR) is 61.6 cm³/mol. The lowest BCUT2D eigenvalue weighted by Crippen LogP contribution is -2.27. The number of benzene rings is 1. The third-order valence-corrected chi connectivity index (χ3v) is 3.29. The van der Waals surface area contributed by atoms with Crippen LogP contribution in [0.25, 0.3) is 0 Å². The fourth-order valence-corrected chi connectivity index (χ4v) is 1.76. The highest BCUT2D eigenvalue weighted by Gasteiger charge is 2.18. The van der Waals surface area contributed by atoms with E-state index in [4.69, 9.17) is 5.73 Å². The fraction of sp³-hybridized carbons (Fsp3) is 0.364. The summed E-state index contributed by atoms with van der Waals surface area (Å²) >= 11 is 3.13. The Balaban J connectivity index is 3.39. The van der Waals surface area contributed by atoms with Gasteiger partial charge in [-0.1, -0.05) is 0 Å². The van der Waals surface area contributed by atoms with Crippen molar-refractivity contribution < 1.29 is 9.18 Å². The molecule has 15 heavy (non-hydrogen) atoms. The van der Waals surface area contributed by atoms with E-state index in [-0.39, 0.29) is 11.6 Å². The third-order valence-electron chi connectivity index (χ3n) is 2.31. The molecule has 1 aromatic rings. The first-order chi connectivity index (χ1) is 6.86. The molecule has 0 amide bonds. The minimum absolute atomic E-state index is 0.234. The van der Waals surface area contributed by atoms with Crippen LogP contribution in [0.5, 0.6) is 0 Å². The van der Waals surface area contributed by atoms with Crippen molar-refractivity contribution in [2.45, 2.75) is 26.8 Å². The molecule has 0 aliphatic rings. The van der Waals surface area contributed by atoms with Crippen molar-refractivity contribution in [1.29, 1.82) is 0 Å². The molecule has 1 unspecified atom stereocenters. The van der Waals surface area contributed by atoms with Gasteiger partial charge in [0.1, 0.15) is 5.82 Å². The molecule has 0 spiro atoms. The van der Waals surface area contributed by atoms with Crippen LogP contribution in [0.2, 0.25) is 0 Å². The predicted octanol–water partition coefficient (Wildman–Crippen LogP) is 2.73. The van der Waals surface area contributed by atoms with Crippen LogP contribution < -0.4 is 5.73 Å². The fourth-order valence-electron chi connectivity index (χ4n) is 1.35. The van der Waals surface area contributed by atoms with Gasteiger partial charge in [0, 0.05) is 5.56 Å². The Morgan fingerprint density at radius 3 is 2.53 bits per heavy atom. The summed E-state index contributed by atoms with van der Waals surface area (Å²) in [5, 5.41) is 0. The highest BCUT2D eigenvalue weighted by atomic mass is 79.9. The van der Waals surface area contributed by atoms with Crippen molar-refractivity contribution in [3.63, 3.8) is 0 Å². The Hall–Kier alpha value is -0.740. The van der Waals surface area contributed by atoms with Crippen molar-refractivity contribution in [1.82, 2.24) is 0 Å². The van der Waals surface area contributed by atoms with Crippen LogP contribution in [0, 0.1) is 19.7 Å². The maximum atomic E-state index is 13.6. The number of hydrogen-bond donors (Lipinski definition) is 1. The van der Waals surface area contributed by atoms with Gasteiger partial charge in [-0.3, -0.25) is 4.79 Å². The quantitative estimate of drug-likeness (QED) is 0.843. The molecule has 0 aliphatic heterocycles. The maximum Gasteiger partial charge on any atom is 0.179 e. The molecule has 4 heteroatoms. The summed E-state index contributed by atoms with van der Waals surface area (Å²) in [5.74, 6) is -0.624. The van der Waals surface area contributed by atoms with Gasteiger partial charge in [-0.05, 0) is 53.9 Å². The number of halogens is 2. The monoisotopic (exact) mass is 273 g/mol. The van der Waals surface area contributed by atoms with E-state index in [9.17, 15) is 9.18 Å². The van der Waals surface area contributed by atoms with E-state index in [1.807, 2.05) is 0 Å². The van der Waals surface area contributed by atoms with Crippen molar-refractivity contribution in [3.05, 3.63) is 33.0 Å². The second kappa shape index (κ2) is 4.41. The summed E-state index contributed by atoms with van der Waals surface area (Å²) in [6.45, 7) is 4.91. The third kappa shape index (κ3) is 2.26. The van der Waals surface area contributed by atoms with Gasteiger partial charge in [0.2, 0.25) is 0 Å². The van der Waals surface area contributed by atoms with Gasteiger partial charge in [0.05, 0.1) is 10.5 Å². The Morgan fingerprint density at radius 2 is 2.07 bits per heavy atom. The number of carbonyl (C=O) groups excluding carboxylic acids is 1. The lowest BCUT2D eigenvalue weighted by Gasteiger charge is -2.11. The van der Waals surface area contributed by atoms with E-state index in [1.165, 1.54) is 0 Å². The van der Waals surface area contributed by atoms with E-state index < -0.39 is 6.04 Å². The number of rotatable bonds is 2. The van der Waals surface area contributed by atoms with Gasteiger partial charge in [0.15, 0.2) is 5.78 Å². The first-order valence-corrected chi connectivity index (χ1v) is 5.40. The summed E-state index contributed by atoms with van der Waals surface area (Å²) in [4.78, 5) is 11.7. The Bertz CT molecular complexity index is 416. The van der Waals surface area contributed by atoms with Crippen LogP contribution in [0.1, 0.15) is 28.4 Å². The second-order valence-corrected chi connectivity index (χ2v) is 4.44. The van der Waals surface area contributed by atoms with Crippen LogP contribution in [0.15, 0.2) is 10.5 Å². The summed E-state index contributed by atoms with van der Waals surface area (Å²) in [7, 11) is 0. The SMILES string of the molecule is Cc1cc(C(=O)C(C)N)c(C)c(F)c1Br. The van der Waals surface area contributed by atoms with E-state index in [1.54, 1.807) is 26.8 Å². The molecule has 1 atom stereocenters. The van der Waals surface area contributed by atoms with Gasteiger partial charge >= 0.3 is 0 Å². The number of hydrogen-bond acceptors (Lipinski definition) is 2. The number of aryl methyl sites for hydroxylation is 1. The molecule has 0 aliphatic carbocycles. The first-order valence-electron chi connectivity index (χ1n) is 4.61. The standard InChI is InChI=1S/C11H13BrFNO/c1-5-4-8(11(15)7(3)14)6(2)10(13)9(5)12/h4,7H,14H2,1-3H3. The van der Waals surface area contributed by atoms with Gasteiger partial charge in [-0.2, -0.15) is 0 Å². The molecule has 0 saturated carbocycles. The molecule has 0 aromatic heterocycles. The van der Waals surface area contributed by atoms with E-state index >= 15 is 0 Å². The Kier molecular flexibility index (Phi) is 3.62. The molecule has 2 nitrogen and oxygen atoms in total. The lowest BCUT2D eigenvalue weighted by molar-refractivity contribution is 0.0966. The Morgan fingerprint density at radius 1 is 1.53 bits per heavy atom. The van der Waals surface area contributed by atoms with Gasteiger partial charge < -0.3 is 5.73 Å². The maximum absolute atomic E-state index is 13.6. The van der Waals surface area contributed by atoms with Crippen LogP contribution >= 0.6 is 15.9 Å². The molecule has 82 valence electrons. The molecule has 1 aromatic carbocycles. The number of ketones is 1. The minimum Gasteiger partial charge on any atom is -0.321 e. The number of nitrogens with two attached hydrogens (primary N) is 1. The largest absolute Gasteiger partial charge is 0.321 e. The summed E-state index contributed by atoms with van der Waals surface area (Å²) < 4.78 is 14.0. The zero-order chi connectivity index (χ0) is 11.7. The minimum atomic E-state index is -0.608. The van der Waals surface area contributed by atoms with Gasteiger partial charge in [0.25, 0.3) is 0 Å². The Labute approximate surface area is 96.8 Å². The molecule has 0 bridgehead atoms. The molecule has 2 N–H and O–H groups in total. The van der Waals surface area contributed by atoms with Crippen LogP contribution in [0.3, 0.4) is 0 Å². The van der Waals surface area contributed by atoms with E-state index in [0.717, 1.165) is 0 Å². The summed E-state index contributed by atoms with van der Waals surface area (Å²) in [6, 6.07) is 1.05. The average Bonchev–Trinajstić information content (AvgIpc) is 2.19. The van der Waals surface area contributed by atoms with Crippen molar-refractivity contribution in [2.24, 2.45) is 5.73 Å². The van der Waals surface area contributed by atoms with Crippen LogP contribution in [-0.4, -0.2) is 11.8 Å². The number of carbonyl (C=O) groups is 1. The lowest BCUT2D eigenvalue weighted by atomic mass is 9.98. The average molecular weight is 274 g/mol. The molecular weight excluding hydrogens is 261 g/mol. The molecule has 0 saturated heterocycles. The molecule has 0 fully saturated rings. The van der Waals surface area contributed by atoms with Gasteiger partial charge in [-0.15, -0.1) is 0 Å². The van der Waals surface area contributed by atoms with E-state index in [2.05, 4.69) is 15.9 Å². The first kappa shape index (κ1) is 12.3. The summed E-state index contributed by atoms with van der Waals surface area (Å²) in [6.07, 6.45) is 0. The van der Waals surface area contributed by atoms with Crippen LogP contribution in [0.4, 0.5) is 4.39 Å². The zero-order valence-electron chi connectivity index (χ0n) is 8.90. The topological polar surface area (TPSA) is 43.1 Å². The molecule has 0 heterocycles. The van der Waals surface area contributed by atoms with E-state index in [0.29, 0.717) is 21.2 Å². The normalized spacial score (nSPS) is 12.7. The van der Waals surface area contributed by atoms with Crippen LogP contribution in [-0.2, 0) is 0 Å². The highest BCUT2D eigenvalue weighted by Crippen LogP contribution is 2.26. The second-order valence-electron chi connectivity index (χ2n) is 3.65. The van der Waals surface area contributed by atoms with Crippen molar-refractivity contribution in [2.75, 3.05) is 0 Å². The van der Waals surface area contributed by atoms with Gasteiger partial charge in [-0.25, -0.2) is 4.39 Å². The number of Topliss-reactive ketones (excluding diaryl/α,β-unsaturated/α-hetero) is 1. The zero-order valence-corrected chi connectivity index (χ0v) is 10.5. The highest BCUT2D eigenvalue weighted by molar-refractivity contribution is 9.10. The molecule has 0 radical (unpaired) electrons. The smallest absolute Gasteiger partial charge is 0.179 e. The van der Waals surface area contributed by atoms with Crippen molar-refractivity contribution >= 4 is 21.7 Å². The van der Waals surface area contributed by atoms with Crippen molar-refractivity contribution in [3.8, 4) is 0 Å². The summed E-state index contributed by atoms with van der Waals surface area (Å²) in [5.41, 5.74) is 6.89. The molecule has 1 rings (SSSR count). The molecular formula is C11H13BrFNO.